The molecule has 2 heterocycles. The zero-order valence-electron chi connectivity index (χ0n) is 13.9. The van der Waals surface area contributed by atoms with Crippen LogP contribution in [0.25, 0.3) is 0 Å². The average molecular weight is 326 g/mol. The van der Waals surface area contributed by atoms with Crippen LogP contribution in [-0.2, 0) is 16.0 Å². The van der Waals surface area contributed by atoms with Crippen molar-refractivity contribution in [2.45, 2.75) is 46.1 Å². The monoisotopic (exact) mass is 326 g/mol. The Morgan fingerprint density at radius 3 is 2.68 bits per heavy atom. The Balaban J connectivity index is 1.82. The fourth-order valence-electron chi connectivity index (χ4n) is 2.29. The highest BCUT2D eigenvalue weighted by Gasteiger charge is 2.27. The molecule has 1 aliphatic rings. The van der Waals surface area contributed by atoms with Crippen molar-refractivity contribution < 1.29 is 9.53 Å². The van der Waals surface area contributed by atoms with Gasteiger partial charge in [0.15, 0.2) is 0 Å². The van der Waals surface area contributed by atoms with E-state index in [1.54, 1.807) is 7.11 Å². The maximum absolute atomic E-state index is 12.0. The van der Waals surface area contributed by atoms with Gasteiger partial charge in [0.05, 0.1) is 6.61 Å². The number of piperidine rings is 1. The van der Waals surface area contributed by atoms with Crippen molar-refractivity contribution in [3.63, 3.8) is 0 Å². The number of anilines is 1. The van der Waals surface area contributed by atoms with Crippen molar-refractivity contribution in [1.82, 2.24) is 14.7 Å². The molecule has 1 fully saturated rings. The number of aromatic nitrogens is 2. The number of ether oxygens (including phenoxy) is 1. The van der Waals surface area contributed by atoms with Gasteiger partial charge in [-0.2, -0.15) is 4.37 Å². The minimum Gasteiger partial charge on any atom is -0.384 e. The van der Waals surface area contributed by atoms with Crippen LogP contribution in [0.5, 0.6) is 0 Å². The molecule has 0 atom stereocenters. The lowest BCUT2D eigenvalue weighted by atomic mass is 9.94. The summed E-state index contributed by atoms with van der Waals surface area (Å²) in [4.78, 5) is 18.9. The van der Waals surface area contributed by atoms with Gasteiger partial charge in [-0.15, -0.1) is 0 Å². The zero-order chi connectivity index (χ0) is 16.2. The highest BCUT2D eigenvalue weighted by atomic mass is 32.1. The zero-order valence-corrected chi connectivity index (χ0v) is 14.7. The predicted molar refractivity (Wildman–Crippen MR) is 88.3 cm³/mol. The van der Waals surface area contributed by atoms with E-state index in [0.29, 0.717) is 6.61 Å². The normalized spacial score (nSPS) is 16.8. The number of amides is 1. The molecule has 22 heavy (non-hydrogen) atoms. The van der Waals surface area contributed by atoms with Gasteiger partial charge in [-0.25, -0.2) is 4.98 Å². The summed E-state index contributed by atoms with van der Waals surface area (Å²) in [6, 6.07) is 0.267. The lowest BCUT2D eigenvalue weighted by Crippen LogP contribution is -2.47. The molecule has 1 amide bonds. The number of nitrogens with one attached hydrogen (secondary N) is 1. The highest BCUT2D eigenvalue weighted by Crippen LogP contribution is 2.23. The van der Waals surface area contributed by atoms with Crippen molar-refractivity contribution >= 4 is 22.6 Å². The molecule has 0 radical (unpaired) electrons. The second kappa shape index (κ2) is 7.37. The van der Waals surface area contributed by atoms with E-state index in [2.05, 4.69) is 19.6 Å². The Morgan fingerprint density at radius 1 is 1.41 bits per heavy atom. The van der Waals surface area contributed by atoms with Gasteiger partial charge in [-0.3, -0.25) is 4.79 Å². The number of carbonyl (C=O) groups excluding carboxylic acids is 1. The summed E-state index contributed by atoms with van der Waals surface area (Å²) in [6.07, 6.45) is 2.66. The fraction of sp³-hybridized carbons (Fsp3) is 0.800. The summed E-state index contributed by atoms with van der Waals surface area (Å²) in [6.45, 7) is 8.31. The quantitative estimate of drug-likeness (QED) is 0.894. The first-order valence-corrected chi connectivity index (χ1v) is 8.55. The van der Waals surface area contributed by atoms with Crippen molar-refractivity contribution in [3.8, 4) is 0 Å². The van der Waals surface area contributed by atoms with Gasteiger partial charge in [0.1, 0.15) is 5.82 Å². The summed E-state index contributed by atoms with van der Waals surface area (Å²) >= 11 is 1.45. The first-order chi connectivity index (χ1) is 10.4. The molecule has 1 saturated heterocycles. The number of methoxy groups -OCH3 is 1. The maximum Gasteiger partial charge on any atom is 0.225 e. The van der Waals surface area contributed by atoms with E-state index in [1.807, 2.05) is 20.8 Å². The molecule has 0 spiro atoms. The molecule has 6 nitrogen and oxygen atoms in total. The lowest BCUT2D eigenvalue weighted by Gasteiger charge is -2.33. The Bertz CT molecular complexity index is 490. The van der Waals surface area contributed by atoms with Gasteiger partial charge < -0.3 is 15.0 Å². The Labute approximate surface area is 136 Å². The van der Waals surface area contributed by atoms with Crippen LogP contribution >= 0.6 is 11.5 Å². The van der Waals surface area contributed by atoms with E-state index in [9.17, 15) is 4.79 Å². The first-order valence-electron chi connectivity index (χ1n) is 7.77. The van der Waals surface area contributed by atoms with Gasteiger partial charge >= 0.3 is 0 Å². The molecule has 1 N–H and O–H groups in total. The van der Waals surface area contributed by atoms with E-state index in [1.165, 1.54) is 11.5 Å². The highest BCUT2D eigenvalue weighted by molar-refractivity contribution is 7.09. The van der Waals surface area contributed by atoms with E-state index in [-0.39, 0.29) is 17.4 Å². The van der Waals surface area contributed by atoms with Crippen LogP contribution in [0, 0.1) is 5.41 Å². The van der Waals surface area contributed by atoms with Gasteiger partial charge in [-0.1, -0.05) is 20.8 Å². The van der Waals surface area contributed by atoms with Gasteiger partial charge in [0.2, 0.25) is 11.0 Å². The van der Waals surface area contributed by atoms with Crippen LogP contribution in [0.15, 0.2) is 0 Å². The molecule has 0 bridgehead atoms. The summed E-state index contributed by atoms with van der Waals surface area (Å²) < 4.78 is 9.42. The molecule has 0 aromatic carbocycles. The third-order valence-electron chi connectivity index (χ3n) is 3.77. The van der Waals surface area contributed by atoms with Crippen LogP contribution in [0.3, 0.4) is 0 Å². The maximum atomic E-state index is 12.0. The Hall–Kier alpha value is -1.21. The van der Waals surface area contributed by atoms with Crippen molar-refractivity contribution in [3.05, 3.63) is 5.82 Å². The lowest BCUT2D eigenvalue weighted by molar-refractivity contribution is -0.129. The molecule has 124 valence electrons. The first kappa shape index (κ1) is 17.1. The predicted octanol–water partition coefficient (Wildman–Crippen LogP) is 1.86. The van der Waals surface area contributed by atoms with Crippen molar-refractivity contribution in [1.29, 1.82) is 0 Å². The largest absolute Gasteiger partial charge is 0.384 e. The summed E-state index contributed by atoms with van der Waals surface area (Å²) in [5, 5.41) is 4.13. The standard InChI is InChI=1S/C15H26N4O2S/c1-15(2,3)13(20)16-11-5-8-19(9-6-11)14-17-12(18-22-14)7-10-21-4/h11H,5-10H2,1-4H3,(H,16,20). The number of carbonyl (C=O) groups is 1. The molecule has 0 unspecified atom stereocenters. The number of hydrogen-bond acceptors (Lipinski definition) is 6. The molecular weight excluding hydrogens is 300 g/mol. The number of nitrogens with zero attached hydrogens (tertiary/aromatic N) is 3. The van der Waals surface area contributed by atoms with Gasteiger partial charge in [0, 0.05) is 49.6 Å². The van der Waals surface area contributed by atoms with Gasteiger partial charge in [-0.05, 0) is 12.8 Å². The molecule has 0 aliphatic carbocycles. The molecule has 1 aromatic heterocycles. The summed E-state index contributed by atoms with van der Waals surface area (Å²) in [5.74, 6) is 0.980. The average Bonchev–Trinajstić information content (AvgIpc) is 2.93. The Kier molecular flexibility index (Phi) is 5.74. The molecule has 7 heteroatoms. The molecule has 0 saturated carbocycles. The molecular formula is C15H26N4O2S. The van der Waals surface area contributed by atoms with Crippen LogP contribution in [0.2, 0.25) is 0 Å². The molecule has 1 aromatic rings. The van der Waals surface area contributed by atoms with Crippen LogP contribution in [0.1, 0.15) is 39.4 Å². The summed E-state index contributed by atoms with van der Waals surface area (Å²) in [7, 11) is 1.68. The van der Waals surface area contributed by atoms with Gasteiger partial charge in [0.25, 0.3) is 0 Å². The molecule has 1 aliphatic heterocycles. The van der Waals surface area contributed by atoms with E-state index < -0.39 is 0 Å². The van der Waals surface area contributed by atoms with Crippen LogP contribution < -0.4 is 10.2 Å². The third-order valence-corrected chi connectivity index (χ3v) is 4.58. The topological polar surface area (TPSA) is 67.3 Å². The Morgan fingerprint density at radius 2 is 2.09 bits per heavy atom. The minimum atomic E-state index is -0.327. The summed E-state index contributed by atoms with van der Waals surface area (Å²) in [5.41, 5.74) is -0.327. The van der Waals surface area contributed by atoms with Crippen LogP contribution in [-0.4, -0.2) is 48.1 Å². The number of rotatable bonds is 5. The van der Waals surface area contributed by atoms with E-state index in [4.69, 9.17) is 4.74 Å². The smallest absolute Gasteiger partial charge is 0.225 e. The van der Waals surface area contributed by atoms with Crippen molar-refractivity contribution in [2.24, 2.45) is 5.41 Å². The van der Waals surface area contributed by atoms with Crippen molar-refractivity contribution in [2.75, 3.05) is 31.7 Å². The fourth-order valence-corrected chi connectivity index (χ4v) is 3.05. The van der Waals surface area contributed by atoms with E-state index >= 15 is 0 Å². The number of hydrogen-bond donors (Lipinski definition) is 1. The third kappa shape index (κ3) is 4.64. The van der Waals surface area contributed by atoms with Crippen LogP contribution in [0.4, 0.5) is 5.13 Å². The second-order valence-corrected chi connectivity index (χ2v) is 7.45. The van der Waals surface area contributed by atoms with E-state index in [0.717, 1.165) is 43.3 Å². The molecule has 2 rings (SSSR count). The SMILES string of the molecule is COCCc1nsc(N2CCC(NC(=O)C(C)(C)C)CC2)n1. The minimum absolute atomic E-state index is 0.128. The second-order valence-electron chi connectivity index (χ2n) is 6.72.